The molecule has 3 heteroatoms. The van der Waals surface area contributed by atoms with Gasteiger partial charge in [-0.2, -0.15) is 0 Å². The second kappa shape index (κ2) is 6.21. The molecule has 18 heavy (non-hydrogen) atoms. The Labute approximate surface area is 110 Å². The summed E-state index contributed by atoms with van der Waals surface area (Å²) >= 11 is 0. The van der Waals surface area contributed by atoms with Crippen molar-refractivity contribution in [3.05, 3.63) is 28.8 Å². The first-order valence-electron chi connectivity index (χ1n) is 6.61. The van der Waals surface area contributed by atoms with E-state index in [1.54, 1.807) is 0 Å². The maximum absolute atomic E-state index is 10.2. The van der Waals surface area contributed by atoms with Gasteiger partial charge >= 0.3 is 0 Å². The van der Waals surface area contributed by atoms with Gasteiger partial charge in [0.25, 0.3) is 0 Å². The Bertz CT molecular complexity index is 374. The van der Waals surface area contributed by atoms with Crippen molar-refractivity contribution >= 4 is 0 Å². The molecule has 3 nitrogen and oxygen atoms in total. The molecule has 0 aliphatic heterocycles. The summed E-state index contributed by atoms with van der Waals surface area (Å²) in [4.78, 5) is 0. The lowest BCUT2D eigenvalue weighted by molar-refractivity contribution is -0.0117. The number of aliphatic hydroxyl groups is 1. The topological polar surface area (TPSA) is 55.5 Å². The van der Waals surface area contributed by atoms with E-state index in [2.05, 4.69) is 0 Å². The molecule has 0 aliphatic carbocycles. The van der Waals surface area contributed by atoms with Crippen LogP contribution in [0.3, 0.4) is 0 Å². The lowest BCUT2D eigenvalue weighted by atomic mass is 9.99. The zero-order valence-corrected chi connectivity index (χ0v) is 11.9. The van der Waals surface area contributed by atoms with Crippen molar-refractivity contribution in [3.8, 4) is 5.75 Å². The number of hydrogen-bond acceptors (Lipinski definition) is 3. The average Bonchev–Trinajstić information content (AvgIpc) is 2.37. The molecule has 0 bridgehead atoms. The number of aryl methyl sites for hydroxylation is 2. The Kier molecular flexibility index (Phi) is 5.17. The molecule has 0 amide bonds. The molecule has 0 heterocycles. The number of nitrogens with two attached hydrogens (primary N) is 1. The number of hydrogen-bond donors (Lipinski definition) is 2. The third-order valence-corrected chi connectivity index (χ3v) is 3.56. The first kappa shape index (κ1) is 15.0. The standard InChI is InChI=1S/C15H25NO2/c1-5-15(17,6-2)10-18-14-11(3)7-13(9-16)8-12(14)4/h7-8,17H,5-6,9-10,16H2,1-4H3. The molecule has 0 atom stereocenters. The molecule has 0 aliphatic rings. The van der Waals surface area contributed by atoms with E-state index >= 15 is 0 Å². The van der Waals surface area contributed by atoms with E-state index in [0.29, 0.717) is 26.0 Å². The van der Waals surface area contributed by atoms with Crippen LogP contribution in [0.15, 0.2) is 12.1 Å². The Balaban J connectivity index is 2.85. The monoisotopic (exact) mass is 251 g/mol. The summed E-state index contributed by atoms with van der Waals surface area (Å²) in [5.74, 6) is 0.868. The molecule has 0 spiro atoms. The van der Waals surface area contributed by atoms with E-state index in [9.17, 15) is 5.11 Å². The largest absolute Gasteiger partial charge is 0.490 e. The van der Waals surface area contributed by atoms with Gasteiger partial charge < -0.3 is 15.6 Å². The van der Waals surface area contributed by atoms with Gasteiger partial charge in [-0.25, -0.2) is 0 Å². The quantitative estimate of drug-likeness (QED) is 0.817. The third kappa shape index (κ3) is 3.47. The summed E-state index contributed by atoms with van der Waals surface area (Å²) in [5, 5.41) is 10.2. The van der Waals surface area contributed by atoms with Gasteiger partial charge in [0.15, 0.2) is 0 Å². The molecule has 1 aromatic carbocycles. The molecule has 0 saturated heterocycles. The molecule has 0 aromatic heterocycles. The van der Waals surface area contributed by atoms with Crippen LogP contribution in [0, 0.1) is 13.8 Å². The highest BCUT2D eigenvalue weighted by Crippen LogP contribution is 2.26. The van der Waals surface area contributed by atoms with Gasteiger partial charge in [-0.05, 0) is 43.4 Å². The van der Waals surface area contributed by atoms with E-state index in [0.717, 1.165) is 22.4 Å². The molecule has 102 valence electrons. The molecule has 0 saturated carbocycles. The summed E-state index contributed by atoms with van der Waals surface area (Å²) in [7, 11) is 0. The van der Waals surface area contributed by atoms with Crippen molar-refractivity contribution in [1.82, 2.24) is 0 Å². The summed E-state index contributed by atoms with van der Waals surface area (Å²) < 4.78 is 5.82. The zero-order chi connectivity index (χ0) is 13.8. The molecule has 0 fully saturated rings. The van der Waals surface area contributed by atoms with Crippen molar-refractivity contribution in [2.75, 3.05) is 6.61 Å². The lowest BCUT2D eigenvalue weighted by Gasteiger charge is -2.26. The van der Waals surface area contributed by atoms with E-state index in [1.165, 1.54) is 0 Å². The molecule has 3 N–H and O–H groups in total. The van der Waals surface area contributed by atoms with E-state index in [-0.39, 0.29) is 0 Å². The van der Waals surface area contributed by atoms with Crippen LogP contribution < -0.4 is 10.5 Å². The molecule has 1 rings (SSSR count). The van der Waals surface area contributed by atoms with Gasteiger partial charge in [-0.1, -0.05) is 26.0 Å². The van der Waals surface area contributed by atoms with Crippen molar-refractivity contribution in [3.63, 3.8) is 0 Å². The maximum atomic E-state index is 10.2. The maximum Gasteiger partial charge on any atom is 0.125 e. The molecule has 1 aromatic rings. The fraction of sp³-hybridized carbons (Fsp3) is 0.600. The first-order valence-corrected chi connectivity index (χ1v) is 6.61. The molecule has 0 unspecified atom stereocenters. The molecular weight excluding hydrogens is 226 g/mol. The summed E-state index contributed by atoms with van der Waals surface area (Å²) in [6.45, 7) is 8.85. The Hall–Kier alpha value is -1.06. The normalized spacial score (nSPS) is 11.7. The summed E-state index contributed by atoms with van der Waals surface area (Å²) in [5.41, 5.74) is 8.17. The second-order valence-electron chi connectivity index (χ2n) is 4.98. The Morgan fingerprint density at radius 1 is 1.17 bits per heavy atom. The lowest BCUT2D eigenvalue weighted by Crippen LogP contribution is -2.34. The van der Waals surface area contributed by atoms with Crippen LogP contribution in [-0.4, -0.2) is 17.3 Å². The van der Waals surface area contributed by atoms with E-state index < -0.39 is 5.60 Å². The average molecular weight is 251 g/mol. The van der Waals surface area contributed by atoms with Crippen LogP contribution >= 0.6 is 0 Å². The van der Waals surface area contributed by atoms with Crippen molar-refractivity contribution in [1.29, 1.82) is 0 Å². The number of ether oxygens (including phenoxy) is 1. The minimum atomic E-state index is -0.731. The number of benzene rings is 1. The predicted octanol–water partition coefficient (Wildman–Crippen LogP) is 2.69. The fourth-order valence-electron chi connectivity index (χ4n) is 2.05. The second-order valence-corrected chi connectivity index (χ2v) is 4.98. The fourth-order valence-corrected chi connectivity index (χ4v) is 2.05. The van der Waals surface area contributed by atoms with Crippen LogP contribution in [0.2, 0.25) is 0 Å². The van der Waals surface area contributed by atoms with Gasteiger partial charge in [0.2, 0.25) is 0 Å². The Morgan fingerprint density at radius 3 is 2.06 bits per heavy atom. The SMILES string of the molecule is CCC(O)(CC)COc1c(C)cc(CN)cc1C. The predicted molar refractivity (Wildman–Crippen MR) is 74.8 cm³/mol. The highest BCUT2D eigenvalue weighted by atomic mass is 16.5. The smallest absolute Gasteiger partial charge is 0.125 e. The minimum absolute atomic E-state index is 0.337. The highest BCUT2D eigenvalue weighted by molar-refractivity contribution is 5.43. The summed E-state index contributed by atoms with van der Waals surface area (Å²) in [6, 6.07) is 4.08. The van der Waals surface area contributed by atoms with Gasteiger partial charge in [-0.3, -0.25) is 0 Å². The summed E-state index contributed by atoms with van der Waals surface area (Å²) in [6.07, 6.45) is 1.39. The van der Waals surface area contributed by atoms with Crippen LogP contribution in [0.4, 0.5) is 0 Å². The van der Waals surface area contributed by atoms with Crippen LogP contribution in [-0.2, 0) is 6.54 Å². The number of rotatable bonds is 6. The Morgan fingerprint density at radius 2 is 1.67 bits per heavy atom. The van der Waals surface area contributed by atoms with Gasteiger partial charge in [0.1, 0.15) is 12.4 Å². The van der Waals surface area contributed by atoms with Gasteiger partial charge in [-0.15, -0.1) is 0 Å². The minimum Gasteiger partial charge on any atom is -0.490 e. The zero-order valence-electron chi connectivity index (χ0n) is 11.9. The van der Waals surface area contributed by atoms with Crippen LogP contribution in [0.5, 0.6) is 5.75 Å². The van der Waals surface area contributed by atoms with Crippen molar-refractivity contribution in [2.24, 2.45) is 5.73 Å². The van der Waals surface area contributed by atoms with E-state index in [1.807, 2.05) is 39.8 Å². The van der Waals surface area contributed by atoms with Gasteiger partial charge in [0, 0.05) is 6.54 Å². The van der Waals surface area contributed by atoms with Crippen molar-refractivity contribution < 1.29 is 9.84 Å². The van der Waals surface area contributed by atoms with E-state index in [4.69, 9.17) is 10.5 Å². The first-order chi connectivity index (χ1) is 8.45. The van der Waals surface area contributed by atoms with Crippen LogP contribution in [0.25, 0.3) is 0 Å². The highest BCUT2D eigenvalue weighted by Gasteiger charge is 2.23. The van der Waals surface area contributed by atoms with Gasteiger partial charge in [0.05, 0.1) is 5.60 Å². The van der Waals surface area contributed by atoms with Crippen LogP contribution in [0.1, 0.15) is 43.4 Å². The third-order valence-electron chi connectivity index (χ3n) is 3.56. The van der Waals surface area contributed by atoms with Crippen molar-refractivity contribution in [2.45, 2.75) is 52.7 Å². The molecule has 0 radical (unpaired) electrons. The molecular formula is C15H25NO2.